The molecular formula is C25H26FN3O5. The van der Waals surface area contributed by atoms with Gasteiger partial charge in [-0.3, -0.25) is 24.6 Å². The molecule has 3 heterocycles. The van der Waals surface area contributed by atoms with Crippen molar-refractivity contribution in [3.8, 4) is 5.75 Å². The van der Waals surface area contributed by atoms with Crippen LogP contribution < -0.4 is 10.1 Å². The van der Waals surface area contributed by atoms with E-state index in [9.17, 15) is 14.4 Å². The van der Waals surface area contributed by atoms with Gasteiger partial charge in [0.1, 0.15) is 24.2 Å². The Labute approximate surface area is 221 Å². The summed E-state index contributed by atoms with van der Waals surface area (Å²) in [6.45, 7) is -24.9. The first-order valence-corrected chi connectivity index (χ1v) is 9.55. The number of halogens is 1. The quantitative estimate of drug-likeness (QED) is 0.630. The predicted molar refractivity (Wildman–Crippen MR) is 119 cm³/mol. The van der Waals surface area contributed by atoms with E-state index in [2.05, 4.69) is 4.74 Å². The van der Waals surface area contributed by atoms with Crippen LogP contribution in [0.15, 0.2) is 36.4 Å². The van der Waals surface area contributed by atoms with E-state index >= 15 is 4.39 Å². The van der Waals surface area contributed by atoms with Crippen molar-refractivity contribution < 1.29 is 52.9 Å². The van der Waals surface area contributed by atoms with Crippen LogP contribution in [0.3, 0.4) is 0 Å². The minimum Gasteiger partial charge on any atom is -0.488 e. The number of rotatable bonds is 6. The van der Waals surface area contributed by atoms with Crippen molar-refractivity contribution in [2.24, 2.45) is 0 Å². The molecule has 34 heavy (non-hydrogen) atoms. The Hall–Kier alpha value is -3.30. The van der Waals surface area contributed by atoms with E-state index in [0.29, 0.717) is 12.1 Å². The van der Waals surface area contributed by atoms with Gasteiger partial charge in [-0.05, 0) is 30.1 Å². The lowest BCUT2D eigenvalue weighted by molar-refractivity contribution is -0.136. The summed E-state index contributed by atoms with van der Waals surface area (Å²) in [5.74, 6) is -7.03. The summed E-state index contributed by atoms with van der Waals surface area (Å²) < 4.78 is 173. The average Bonchev–Trinajstić information content (AvgIpc) is 3.15. The Morgan fingerprint density at radius 3 is 2.82 bits per heavy atom. The molecule has 3 aliphatic rings. The maximum atomic E-state index is 15.7. The van der Waals surface area contributed by atoms with Gasteiger partial charge >= 0.3 is 0 Å². The maximum Gasteiger partial charge on any atom is 0.255 e. The van der Waals surface area contributed by atoms with Crippen LogP contribution in [-0.2, 0) is 33.9 Å². The third-order valence-electron chi connectivity index (χ3n) is 4.67. The Morgan fingerprint density at radius 2 is 2.03 bits per heavy atom. The Kier molecular flexibility index (Phi) is 2.73. The van der Waals surface area contributed by atoms with Gasteiger partial charge in [-0.1, -0.05) is 18.2 Å². The second-order valence-electron chi connectivity index (χ2n) is 6.83. The van der Waals surface area contributed by atoms with Gasteiger partial charge in [0.15, 0.2) is 0 Å². The highest BCUT2D eigenvalue weighted by Crippen LogP contribution is 2.34. The van der Waals surface area contributed by atoms with Crippen molar-refractivity contribution in [1.29, 1.82) is 0 Å². The number of fused-ring (bicyclic) bond motifs is 1. The topological polar surface area (TPSA) is 88.2 Å². The standard InChI is InChI=1S/C25H26FN3O5/c26-20-12-16(13-28-8-10-33-11-9-28)4-5-17(20)15-34-22-3-1-2-18-19(22)14-29(25(18)32)21-6-7-23(30)27-24(21)31/h1-5,12,21H,6-11,13-15H2,(H,27,30,31)/t21-/m1/s1/i6D2,7D2,8D2,9D2,10D2,11D2,13D2,14D2,15D2. The highest BCUT2D eigenvalue weighted by Gasteiger charge is 2.40. The van der Waals surface area contributed by atoms with Gasteiger partial charge in [-0.2, -0.15) is 0 Å². The summed E-state index contributed by atoms with van der Waals surface area (Å²) in [6.07, 6.45) is -6.92. The first-order valence-electron chi connectivity index (χ1n) is 18.6. The fourth-order valence-corrected chi connectivity index (χ4v) is 3.14. The number of morpholine rings is 1. The third kappa shape index (κ3) is 4.53. The lowest BCUT2D eigenvalue weighted by Crippen LogP contribution is -2.52. The Bertz CT molecular complexity index is 1860. The van der Waals surface area contributed by atoms with E-state index in [-0.39, 0.29) is 11.0 Å². The van der Waals surface area contributed by atoms with E-state index in [1.807, 2.05) is 0 Å². The third-order valence-corrected chi connectivity index (χ3v) is 4.67. The van der Waals surface area contributed by atoms with Gasteiger partial charge in [0.25, 0.3) is 5.91 Å². The molecule has 178 valence electrons. The minimum atomic E-state index is -3.73. The molecule has 2 aromatic rings. The molecule has 1 atom stereocenters. The fraction of sp³-hybridized carbons (Fsp3) is 0.400. The second kappa shape index (κ2) is 9.52. The maximum absolute atomic E-state index is 15.7. The first kappa shape index (κ1) is 9.75. The molecule has 1 N–H and O–H groups in total. The van der Waals surface area contributed by atoms with Crippen LogP contribution in [0.1, 0.15) is 64.5 Å². The van der Waals surface area contributed by atoms with Gasteiger partial charge in [-0.25, -0.2) is 4.39 Å². The monoisotopic (exact) mass is 485 g/mol. The summed E-state index contributed by atoms with van der Waals surface area (Å²) in [5, 5.41) is 1.57. The molecule has 0 aromatic heterocycles. The van der Waals surface area contributed by atoms with Crippen LogP contribution in [-0.4, -0.2) is 59.7 Å². The molecule has 0 saturated carbocycles. The number of piperidine rings is 1. The van der Waals surface area contributed by atoms with Crippen LogP contribution >= 0.6 is 0 Å². The average molecular weight is 486 g/mol. The van der Waals surface area contributed by atoms with Crippen molar-refractivity contribution in [2.45, 2.75) is 38.3 Å². The van der Waals surface area contributed by atoms with E-state index in [1.165, 1.54) is 0 Å². The minimum absolute atomic E-state index is 0.0326. The van der Waals surface area contributed by atoms with Crippen molar-refractivity contribution in [3.05, 3.63) is 64.5 Å². The van der Waals surface area contributed by atoms with Crippen LogP contribution in [0, 0.1) is 5.82 Å². The zero-order valence-corrected chi connectivity index (χ0v) is 16.9. The van der Waals surface area contributed by atoms with E-state index in [0.717, 1.165) is 18.2 Å². The summed E-state index contributed by atoms with van der Waals surface area (Å²) in [6, 6.07) is 1.92. The van der Waals surface area contributed by atoms with Crippen molar-refractivity contribution >= 4 is 17.7 Å². The number of benzene rings is 2. The summed E-state index contributed by atoms with van der Waals surface area (Å²) >= 11 is 0. The smallest absolute Gasteiger partial charge is 0.255 e. The van der Waals surface area contributed by atoms with Gasteiger partial charge < -0.3 is 14.4 Å². The van der Waals surface area contributed by atoms with Crippen molar-refractivity contribution in [2.75, 3.05) is 26.1 Å². The highest BCUT2D eigenvalue weighted by molar-refractivity contribution is 6.05. The van der Waals surface area contributed by atoms with Crippen molar-refractivity contribution in [3.63, 3.8) is 0 Å². The lowest BCUT2D eigenvalue weighted by Gasteiger charge is -2.29. The number of imide groups is 1. The van der Waals surface area contributed by atoms with E-state index < -0.39 is 121 Å². The number of hydrogen-bond acceptors (Lipinski definition) is 6. The summed E-state index contributed by atoms with van der Waals surface area (Å²) in [5.41, 5.74) is -3.36. The molecule has 2 saturated heterocycles. The molecule has 2 fully saturated rings. The zero-order chi connectivity index (χ0) is 39.8. The molecule has 0 unspecified atom stereocenters. The van der Waals surface area contributed by atoms with Crippen LogP contribution in [0.4, 0.5) is 4.39 Å². The molecule has 5 rings (SSSR count). The SMILES string of the molecule is [2H]C([2H])(Oc1cccc2c1C([2H])([2H])N([C@H]1C(=O)NC(=O)C([2H])([2H])C1([2H])[2H])C2=O)c1ccc(C([2H])([2H])N2C([2H])([2H])C([2H])([2H])OC([2H])([2H])C2([2H])[2H])cc1F. The van der Waals surface area contributed by atoms with Crippen molar-refractivity contribution in [1.82, 2.24) is 15.1 Å². The highest BCUT2D eigenvalue weighted by atomic mass is 19.1. The number of nitrogens with zero attached hydrogens (tertiary/aromatic N) is 2. The van der Waals surface area contributed by atoms with E-state index in [4.69, 9.17) is 29.4 Å². The predicted octanol–water partition coefficient (Wildman–Crippen LogP) is 2.00. The summed E-state index contributed by atoms with van der Waals surface area (Å²) in [4.78, 5) is 37.9. The zero-order valence-electron chi connectivity index (χ0n) is 34.9. The van der Waals surface area contributed by atoms with E-state index in [1.54, 1.807) is 5.32 Å². The first-order chi connectivity index (χ1) is 23.2. The van der Waals surface area contributed by atoms with Crippen LogP contribution in [0.5, 0.6) is 5.75 Å². The number of carbonyl (C=O) groups excluding carboxylic acids is 3. The van der Waals surface area contributed by atoms with Gasteiger partial charge in [0, 0.05) is 56.3 Å². The normalized spacial score (nSPS) is 40.0. The number of amides is 3. The van der Waals surface area contributed by atoms with Gasteiger partial charge in [0.2, 0.25) is 11.8 Å². The van der Waals surface area contributed by atoms with Gasteiger partial charge in [-0.15, -0.1) is 0 Å². The Balaban J connectivity index is 1.53. The molecule has 3 amide bonds. The van der Waals surface area contributed by atoms with Crippen LogP contribution in [0.2, 0.25) is 0 Å². The fourth-order valence-electron chi connectivity index (χ4n) is 3.14. The molecule has 0 spiro atoms. The molecule has 2 aromatic carbocycles. The van der Waals surface area contributed by atoms with Crippen LogP contribution in [0.25, 0.3) is 0 Å². The molecule has 0 radical (unpaired) electrons. The number of carbonyl (C=O) groups is 3. The molecule has 8 nitrogen and oxygen atoms in total. The molecule has 0 aliphatic carbocycles. The molecule has 0 bridgehead atoms. The second-order valence-corrected chi connectivity index (χ2v) is 6.83. The number of nitrogens with one attached hydrogen (secondary N) is 1. The molecular weight excluding hydrogens is 441 g/mol. The largest absolute Gasteiger partial charge is 0.488 e. The number of hydrogen-bond donors (Lipinski definition) is 1. The summed E-state index contributed by atoms with van der Waals surface area (Å²) in [7, 11) is 0. The molecule has 3 aliphatic heterocycles. The lowest BCUT2D eigenvalue weighted by atomic mass is 10.0. The van der Waals surface area contributed by atoms with Gasteiger partial charge in [0.05, 0.1) is 30.6 Å². The molecule has 9 heteroatoms. The Morgan fingerprint density at radius 1 is 1.21 bits per heavy atom. The number of ether oxygens (including phenoxy) is 2.